The quantitative estimate of drug-likeness (QED) is 0.703. The van der Waals surface area contributed by atoms with Gasteiger partial charge in [-0.2, -0.15) is 0 Å². The third-order valence-electron chi connectivity index (χ3n) is 3.91. The van der Waals surface area contributed by atoms with Crippen molar-refractivity contribution < 1.29 is 0 Å². The monoisotopic (exact) mass is 374 g/mol. The molecule has 0 N–H and O–H groups in total. The minimum atomic E-state index is 0.661. The van der Waals surface area contributed by atoms with E-state index in [-0.39, 0.29) is 0 Å². The zero-order chi connectivity index (χ0) is 14.2. The molecule has 0 aliphatic rings. The Morgan fingerprint density at radius 3 is 1.95 bits per heavy atom. The van der Waals surface area contributed by atoms with E-state index < -0.39 is 0 Å². The normalized spacial score (nSPS) is 11.7. The zero-order valence-electron chi connectivity index (χ0n) is 11.8. The second-order valence-corrected chi connectivity index (χ2v) is 9.03. The van der Waals surface area contributed by atoms with Crippen molar-refractivity contribution in [3.63, 3.8) is 0 Å². The molecule has 2 rings (SSSR count). The molecule has 0 aromatic heterocycles. The van der Waals surface area contributed by atoms with Gasteiger partial charge in [-0.05, 0) is 0 Å². The molecule has 0 amide bonds. The molecule has 1 nitrogen and oxygen atoms in total. The SMILES string of the molecule is Cc1cc([N+]([As])([As])c2ccccc2)c(C)c(C)c1C. The van der Waals surface area contributed by atoms with Gasteiger partial charge in [0.15, 0.2) is 0 Å². The Kier molecular flexibility index (Phi) is 4.31. The van der Waals surface area contributed by atoms with Crippen molar-refractivity contribution in [1.29, 1.82) is 0 Å². The van der Waals surface area contributed by atoms with Crippen LogP contribution < -0.4 is 2.32 Å². The Hall–Kier alpha value is -0.483. The van der Waals surface area contributed by atoms with Crippen LogP contribution in [0.5, 0.6) is 0 Å². The van der Waals surface area contributed by atoms with E-state index in [4.69, 9.17) is 0 Å². The standard InChI is InChI=1S/C16H18As2N/c1-11-10-16(14(4)13(3)12(11)2)19(17,18)15-8-6-5-7-9-15/h5-10H,1-4H3/q+1. The molecule has 0 bridgehead atoms. The van der Waals surface area contributed by atoms with Crippen LogP contribution in [0, 0.1) is 27.7 Å². The van der Waals surface area contributed by atoms with Crippen LogP contribution in [0.4, 0.5) is 11.4 Å². The number of hydrogen-bond acceptors (Lipinski definition) is 0. The second kappa shape index (κ2) is 5.48. The van der Waals surface area contributed by atoms with Gasteiger partial charge in [-0.1, -0.05) is 0 Å². The van der Waals surface area contributed by atoms with Crippen molar-refractivity contribution in [2.75, 3.05) is 0 Å². The summed E-state index contributed by atoms with van der Waals surface area (Å²) in [5.74, 6) is 0. The number of rotatable bonds is 2. The molecule has 3 heteroatoms. The van der Waals surface area contributed by atoms with Crippen molar-refractivity contribution in [3.8, 4) is 0 Å². The van der Waals surface area contributed by atoms with Gasteiger partial charge in [0.1, 0.15) is 0 Å². The molecule has 0 fully saturated rings. The summed E-state index contributed by atoms with van der Waals surface area (Å²) in [6, 6.07) is 12.9. The zero-order valence-corrected chi connectivity index (χ0v) is 15.6. The summed E-state index contributed by atoms with van der Waals surface area (Å²) in [5.41, 5.74) is 8.10. The summed E-state index contributed by atoms with van der Waals surface area (Å²) in [6.45, 7) is 8.82. The van der Waals surface area contributed by atoms with Gasteiger partial charge < -0.3 is 0 Å². The number of hydrogen-bond donors (Lipinski definition) is 0. The topological polar surface area (TPSA) is 0 Å². The fourth-order valence-electron chi connectivity index (χ4n) is 2.29. The molecule has 0 heterocycles. The minimum absolute atomic E-state index is 0.661. The molecule has 0 spiro atoms. The van der Waals surface area contributed by atoms with Crippen molar-refractivity contribution in [1.82, 2.24) is 2.32 Å². The van der Waals surface area contributed by atoms with Crippen LogP contribution in [-0.2, 0) is 0 Å². The third kappa shape index (κ3) is 2.70. The van der Waals surface area contributed by atoms with Crippen LogP contribution in [0.2, 0.25) is 0 Å². The van der Waals surface area contributed by atoms with Gasteiger partial charge in [-0.15, -0.1) is 0 Å². The predicted octanol–water partition coefficient (Wildman–Crippen LogP) is 3.73. The maximum atomic E-state index is 2.77. The Morgan fingerprint density at radius 2 is 1.37 bits per heavy atom. The van der Waals surface area contributed by atoms with E-state index in [2.05, 4.69) is 98.2 Å². The molecule has 96 valence electrons. The van der Waals surface area contributed by atoms with Crippen molar-refractivity contribution in [3.05, 3.63) is 58.7 Å². The first-order valence-electron chi connectivity index (χ1n) is 6.34. The molecular formula is C16H18As2N+. The summed E-state index contributed by atoms with van der Waals surface area (Å²) in [7, 11) is 0. The van der Waals surface area contributed by atoms with E-state index in [0.717, 1.165) is 0 Å². The predicted molar refractivity (Wildman–Crippen MR) is 84.8 cm³/mol. The third-order valence-corrected chi connectivity index (χ3v) is 5.78. The molecule has 4 radical (unpaired) electrons. The fourth-order valence-corrected chi connectivity index (χ4v) is 3.72. The van der Waals surface area contributed by atoms with Crippen LogP contribution in [-0.4, -0.2) is 34.2 Å². The summed E-state index contributed by atoms with van der Waals surface area (Å²) in [5, 5.41) is 0. The van der Waals surface area contributed by atoms with E-state index in [0.29, 0.717) is 2.32 Å². The first kappa shape index (κ1) is 14.9. The molecule has 0 saturated heterocycles. The van der Waals surface area contributed by atoms with Crippen LogP contribution in [0.25, 0.3) is 0 Å². The molecule has 0 saturated carbocycles. The van der Waals surface area contributed by atoms with Gasteiger partial charge in [0.2, 0.25) is 0 Å². The summed E-state index contributed by atoms with van der Waals surface area (Å²) in [6.07, 6.45) is 0. The van der Waals surface area contributed by atoms with Crippen LogP contribution in [0.3, 0.4) is 0 Å². The summed E-state index contributed by atoms with van der Waals surface area (Å²) < 4.78 is 0.661. The Morgan fingerprint density at radius 1 is 0.789 bits per heavy atom. The summed E-state index contributed by atoms with van der Waals surface area (Å²) >= 11 is 5.54. The van der Waals surface area contributed by atoms with Crippen molar-refractivity contribution >= 4 is 45.5 Å². The van der Waals surface area contributed by atoms with Gasteiger partial charge in [0.25, 0.3) is 0 Å². The van der Waals surface area contributed by atoms with E-state index >= 15 is 0 Å². The molecule has 0 aliphatic carbocycles. The van der Waals surface area contributed by atoms with Crippen molar-refractivity contribution in [2.45, 2.75) is 27.7 Å². The molecule has 2 aromatic rings. The first-order valence-corrected chi connectivity index (χ1v) is 8.01. The van der Waals surface area contributed by atoms with Gasteiger partial charge in [-0.25, -0.2) is 0 Å². The molecule has 19 heavy (non-hydrogen) atoms. The second-order valence-electron chi connectivity index (χ2n) is 5.02. The average Bonchev–Trinajstić information content (AvgIpc) is 2.41. The first-order chi connectivity index (χ1) is 8.85. The number of para-hydroxylation sites is 1. The number of nitrogens with zero attached hydrogens (tertiary/aromatic N) is 1. The number of quaternary nitrogens is 1. The van der Waals surface area contributed by atoms with E-state index in [1.54, 1.807) is 0 Å². The Bertz CT molecular complexity index is 604. The number of benzene rings is 2. The maximum absolute atomic E-state index is 2.77. The van der Waals surface area contributed by atoms with Gasteiger partial charge >= 0.3 is 134 Å². The van der Waals surface area contributed by atoms with Gasteiger partial charge in [-0.3, -0.25) is 0 Å². The molecular weight excluding hydrogens is 356 g/mol. The Balaban J connectivity index is 2.65. The Labute approximate surface area is 134 Å². The van der Waals surface area contributed by atoms with E-state index in [1.807, 2.05) is 0 Å². The average molecular weight is 374 g/mol. The molecule has 0 aliphatic heterocycles. The molecule has 2 aromatic carbocycles. The molecule has 0 atom stereocenters. The summed E-state index contributed by atoms with van der Waals surface area (Å²) in [4.78, 5) is 0. The fraction of sp³-hybridized carbons (Fsp3) is 0.250. The van der Waals surface area contributed by atoms with E-state index in [9.17, 15) is 0 Å². The van der Waals surface area contributed by atoms with Gasteiger partial charge in [0, 0.05) is 0 Å². The number of aryl methyl sites for hydroxylation is 1. The van der Waals surface area contributed by atoms with Gasteiger partial charge in [0.05, 0.1) is 0 Å². The van der Waals surface area contributed by atoms with Crippen molar-refractivity contribution in [2.24, 2.45) is 0 Å². The van der Waals surface area contributed by atoms with Crippen LogP contribution in [0.1, 0.15) is 22.3 Å². The molecule has 0 unspecified atom stereocenters. The van der Waals surface area contributed by atoms with Crippen LogP contribution >= 0.6 is 0 Å². The van der Waals surface area contributed by atoms with Crippen LogP contribution in [0.15, 0.2) is 36.4 Å². The van der Waals surface area contributed by atoms with E-state index in [1.165, 1.54) is 33.6 Å².